The Kier molecular flexibility index (Phi) is 5.39. The maximum absolute atomic E-state index is 12.9. The van der Waals surface area contributed by atoms with Crippen LogP contribution in [0.2, 0.25) is 0 Å². The predicted molar refractivity (Wildman–Crippen MR) is 97.3 cm³/mol. The monoisotopic (exact) mass is 394 g/mol. The van der Waals surface area contributed by atoms with E-state index in [4.69, 9.17) is 0 Å². The quantitative estimate of drug-likeness (QED) is 0.631. The van der Waals surface area contributed by atoms with Gasteiger partial charge in [0, 0.05) is 49.7 Å². The lowest BCUT2D eigenvalue weighted by molar-refractivity contribution is -0.384. The van der Waals surface area contributed by atoms with Crippen LogP contribution in [-0.4, -0.2) is 42.0 Å². The Morgan fingerprint density at radius 1 is 1.04 bits per heavy atom. The molecule has 28 heavy (non-hydrogen) atoms. The fourth-order valence-corrected chi connectivity index (χ4v) is 2.92. The van der Waals surface area contributed by atoms with Crippen LogP contribution in [0.4, 0.5) is 35.0 Å². The highest BCUT2D eigenvalue weighted by molar-refractivity contribution is 5.89. The summed E-state index contributed by atoms with van der Waals surface area (Å²) in [5, 5.41) is 13.3. The van der Waals surface area contributed by atoms with E-state index in [9.17, 15) is 28.1 Å². The van der Waals surface area contributed by atoms with Crippen LogP contribution in [0.3, 0.4) is 0 Å². The van der Waals surface area contributed by atoms with Crippen molar-refractivity contribution < 1.29 is 22.9 Å². The Hall–Kier alpha value is -3.30. The molecule has 2 aromatic carbocycles. The zero-order valence-corrected chi connectivity index (χ0v) is 14.6. The van der Waals surface area contributed by atoms with Crippen molar-refractivity contribution in [3.05, 3.63) is 64.2 Å². The third-order valence-corrected chi connectivity index (χ3v) is 4.43. The van der Waals surface area contributed by atoms with E-state index in [0.29, 0.717) is 37.6 Å². The molecular weight excluding hydrogens is 377 g/mol. The normalized spacial score (nSPS) is 14.7. The Morgan fingerprint density at radius 2 is 1.68 bits per heavy atom. The molecule has 7 nitrogen and oxygen atoms in total. The number of hydrogen-bond donors (Lipinski definition) is 1. The second-order valence-electron chi connectivity index (χ2n) is 6.26. The molecule has 1 aliphatic rings. The molecule has 3 rings (SSSR count). The Labute approximate surface area is 158 Å². The zero-order chi connectivity index (χ0) is 20.3. The van der Waals surface area contributed by atoms with Gasteiger partial charge in [-0.1, -0.05) is 6.07 Å². The molecule has 1 saturated heterocycles. The van der Waals surface area contributed by atoms with Gasteiger partial charge < -0.3 is 15.1 Å². The van der Waals surface area contributed by atoms with Gasteiger partial charge in [-0.25, -0.2) is 4.79 Å². The van der Waals surface area contributed by atoms with Gasteiger partial charge in [0.15, 0.2) is 0 Å². The number of alkyl halides is 3. The number of hydrogen-bond acceptors (Lipinski definition) is 4. The number of piperazine rings is 1. The van der Waals surface area contributed by atoms with Crippen molar-refractivity contribution in [2.75, 3.05) is 36.4 Å². The summed E-state index contributed by atoms with van der Waals surface area (Å²) in [6, 6.07) is 10.2. The number of nitrogens with one attached hydrogen (secondary N) is 1. The average molecular weight is 394 g/mol. The molecule has 1 N–H and O–H groups in total. The van der Waals surface area contributed by atoms with Crippen molar-refractivity contribution >= 4 is 23.1 Å². The summed E-state index contributed by atoms with van der Waals surface area (Å²) in [7, 11) is 0. The van der Waals surface area contributed by atoms with Crippen LogP contribution in [-0.2, 0) is 6.18 Å². The van der Waals surface area contributed by atoms with Gasteiger partial charge in [0.05, 0.1) is 10.5 Å². The van der Waals surface area contributed by atoms with Crippen LogP contribution in [0, 0.1) is 10.1 Å². The number of rotatable bonds is 3. The first-order valence-electron chi connectivity index (χ1n) is 8.46. The highest BCUT2D eigenvalue weighted by Crippen LogP contribution is 2.31. The molecule has 0 aromatic heterocycles. The SMILES string of the molecule is O=C(Nc1ccc([N+](=O)[O-])cc1)N1CCN(c2cccc(C(F)(F)F)c2)CC1. The van der Waals surface area contributed by atoms with Crippen molar-refractivity contribution in [1.29, 1.82) is 0 Å². The van der Waals surface area contributed by atoms with Gasteiger partial charge >= 0.3 is 12.2 Å². The molecule has 0 bridgehead atoms. The van der Waals surface area contributed by atoms with Gasteiger partial charge in [-0.2, -0.15) is 13.2 Å². The largest absolute Gasteiger partial charge is 0.416 e. The third-order valence-electron chi connectivity index (χ3n) is 4.43. The van der Waals surface area contributed by atoms with E-state index in [1.54, 1.807) is 15.9 Å². The van der Waals surface area contributed by atoms with Crippen molar-refractivity contribution in [3.63, 3.8) is 0 Å². The second kappa shape index (κ2) is 7.75. The minimum Gasteiger partial charge on any atom is -0.368 e. The zero-order valence-electron chi connectivity index (χ0n) is 14.6. The number of nitrogens with zero attached hydrogens (tertiary/aromatic N) is 3. The highest BCUT2D eigenvalue weighted by atomic mass is 19.4. The van der Waals surface area contributed by atoms with Crippen molar-refractivity contribution in [2.24, 2.45) is 0 Å². The molecule has 0 spiro atoms. The predicted octanol–water partition coefficient (Wildman–Crippen LogP) is 3.97. The maximum atomic E-state index is 12.9. The topological polar surface area (TPSA) is 78.7 Å². The van der Waals surface area contributed by atoms with Crippen LogP contribution < -0.4 is 10.2 Å². The minimum atomic E-state index is -4.40. The summed E-state index contributed by atoms with van der Waals surface area (Å²) >= 11 is 0. The van der Waals surface area contributed by atoms with Gasteiger partial charge in [0.2, 0.25) is 0 Å². The summed E-state index contributed by atoms with van der Waals surface area (Å²) in [4.78, 5) is 25.8. The standard InChI is InChI=1S/C18H17F3N4O3/c19-18(20,21)13-2-1-3-16(12-13)23-8-10-24(11-9-23)17(26)22-14-4-6-15(7-5-14)25(27)28/h1-7,12H,8-11H2,(H,22,26). The first-order valence-corrected chi connectivity index (χ1v) is 8.46. The molecule has 2 aromatic rings. The third kappa shape index (κ3) is 4.51. The molecular formula is C18H17F3N4O3. The van der Waals surface area contributed by atoms with Gasteiger partial charge in [-0.05, 0) is 30.3 Å². The van der Waals surface area contributed by atoms with Crippen molar-refractivity contribution in [1.82, 2.24) is 4.90 Å². The maximum Gasteiger partial charge on any atom is 0.416 e. The number of urea groups is 1. The molecule has 148 valence electrons. The molecule has 0 radical (unpaired) electrons. The Morgan fingerprint density at radius 3 is 2.25 bits per heavy atom. The number of nitro benzene ring substituents is 1. The van der Waals surface area contributed by atoms with E-state index in [0.717, 1.165) is 12.1 Å². The van der Waals surface area contributed by atoms with Gasteiger partial charge in [-0.3, -0.25) is 10.1 Å². The lowest BCUT2D eigenvalue weighted by atomic mass is 10.1. The summed E-state index contributed by atoms with van der Waals surface area (Å²) < 4.78 is 38.6. The Balaban J connectivity index is 1.57. The van der Waals surface area contributed by atoms with Crippen molar-refractivity contribution in [2.45, 2.75) is 6.18 Å². The number of carbonyl (C=O) groups excluding carboxylic acids is 1. The van der Waals surface area contributed by atoms with Gasteiger partial charge in [-0.15, -0.1) is 0 Å². The molecule has 0 atom stereocenters. The molecule has 10 heteroatoms. The molecule has 2 amide bonds. The summed E-state index contributed by atoms with van der Waals surface area (Å²) in [5.74, 6) is 0. The smallest absolute Gasteiger partial charge is 0.368 e. The van der Waals surface area contributed by atoms with E-state index >= 15 is 0 Å². The number of nitro groups is 1. The number of amides is 2. The second-order valence-corrected chi connectivity index (χ2v) is 6.26. The minimum absolute atomic E-state index is 0.0762. The number of non-ortho nitro benzene ring substituents is 1. The fraction of sp³-hybridized carbons (Fsp3) is 0.278. The number of carbonyl (C=O) groups is 1. The lowest BCUT2D eigenvalue weighted by Gasteiger charge is -2.36. The van der Waals surface area contributed by atoms with E-state index in [1.807, 2.05) is 0 Å². The van der Waals surface area contributed by atoms with Crippen LogP contribution in [0.25, 0.3) is 0 Å². The number of halogens is 3. The molecule has 0 aliphatic carbocycles. The van der Waals surface area contributed by atoms with Crippen LogP contribution in [0.1, 0.15) is 5.56 Å². The van der Waals surface area contributed by atoms with E-state index in [-0.39, 0.29) is 11.7 Å². The highest BCUT2D eigenvalue weighted by Gasteiger charge is 2.31. The average Bonchev–Trinajstić information content (AvgIpc) is 2.68. The van der Waals surface area contributed by atoms with E-state index in [1.165, 1.54) is 30.3 Å². The van der Waals surface area contributed by atoms with E-state index < -0.39 is 16.7 Å². The van der Waals surface area contributed by atoms with Crippen LogP contribution in [0.5, 0.6) is 0 Å². The van der Waals surface area contributed by atoms with Crippen LogP contribution >= 0.6 is 0 Å². The van der Waals surface area contributed by atoms with Gasteiger partial charge in [0.1, 0.15) is 0 Å². The lowest BCUT2D eigenvalue weighted by Crippen LogP contribution is -2.50. The first kappa shape index (κ1) is 19.5. The summed E-state index contributed by atoms with van der Waals surface area (Å²) in [5.41, 5.74) is 0.109. The fourth-order valence-electron chi connectivity index (χ4n) is 2.92. The Bertz CT molecular complexity index is 863. The van der Waals surface area contributed by atoms with Crippen LogP contribution in [0.15, 0.2) is 48.5 Å². The van der Waals surface area contributed by atoms with Gasteiger partial charge in [0.25, 0.3) is 5.69 Å². The molecule has 0 saturated carbocycles. The molecule has 1 fully saturated rings. The molecule has 0 unspecified atom stereocenters. The molecule has 1 heterocycles. The summed E-state index contributed by atoms with van der Waals surface area (Å²) in [6.07, 6.45) is -4.40. The van der Waals surface area contributed by atoms with Crippen molar-refractivity contribution in [3.8, 4) is 0 Å². The van der Waals surface area contributed by atoms with E-state index in [2.05, 4.69) is 5.32 Å². The number of anilines is 2. The molecule has 1 aliphatic heterocycles. The summed E-state index contributed by atoms with van der Waals surface area (Å²) in [6.45, 7) is 1.48. The first-order chi connectivity index (χ1) is 13.2. The number of benzene rings is 2.